The van der Waals surface area contributed by atoms with Crippen LogP contribution in [0, 0.1) is 6.92 Å². The van der Waals surface area contributed by atoms with Crippen molar-refractivity contribution in [2.24, 2.45) is 0 Å². The van der Waals surface area contributed by atoms with E-state index in [2.05, 4.69) is 24.9 Å². The SMILES string of the molecule is COc1cccc(OC)c1-n1c(NS(=O)(=O)[C@@H](C)[C@H](C)c2cnc(C)cn2)nnc1[C@@H]1CCCCO1. The number of methoxy groups -OCH3 is 2. The van der Waals surface area contributed by atoms with Gasteiger partial charge in [0.05, 0.1) is 30.9 Å². The average Bonchev–Trinajstić information content (AvgIpc) is 3.30. The Kier molecular flexibility index (Phi) is 7.74. The Labute approximate surface area is 211 Å². The van der Waals surface area contributed by atoms with Gasteiger partial charge in [-0.1, -0.05) is 13.0 Å². The van der Waals surface area contributed by atoms with Gasteiger partial charge in [-0.15, -0.1) is 10.2 Å². The van der Waals surface area contributed by atoms with Gasteiger partial charge >= 0.3 is 0 Å². The number of aromatic nitrogens is 5. The summed E-state index contributed by atoms with van der Waals surface area (Å²) < 4.78 is 48.5. The van der Waals surface area contributed by atoms with E-state index in [9.17, 15) is 8.42 Å². The fraction of sp³-hybridized carbons (Fsp3) is 0.500. The molecular formula is C24H32N6O5S. The van der Waals surface area contributed by atoms with Gasteiger partial charge in [-0.2, -0.15) is 0 Å². The van der Waals surface area contributed by atoms with Gasteiger partial charge in [-0.25, -0.2) is 8.42 Å². The maximum absolute atomic E-state index is 13.5. The molecule has 36 heavy (non-hydrogen) atoms. The van der Waals surface area contributed by atoms with Crippen LogP contribution in [0.15, 0.2) is 30.6 Å². The standard InChI is InChI=1S/C24H32N6O5S/c1-15-13-26-18(14-25-15)16(2)17(3)36(31,32)29-24-28-27-23(21-9-6-7-12-35-21)30(24)22-19(33-4)10-8-11-20(22)34-5/h8,10-11,13-14,16-17,21H,6-7,9,12H2,1-5H3,(H,28,29)/t16-,17-,21-/m0/s1. The van der Waals surface area contributed by atoms with E-state index in [1.165, 1.54) is 14.2 Å². The van der Waals surface area contributed by atoms with Crippen molar-refractivity contribution in [2.75, 3.05) is 25.5 Å². The third-order valence-corrected chi connectivity index (χ3v) is 8.33. The minimum absolute atomic E-state index is 0.0241. The van der Waals surface area contributed by atoms with E-state index in [4.69, 9.17) is 14.2 Å². The first-order chi connectivity index (χ1) is 17.3. The molecule has 1 aliphatic heterocycles. The van der Waals surface area contributed by atoms with E-state index in [0.717, 1.165) is 25.0 Å². The molecule has 0 radical (unpaired) electrons. The molecule has 0 unspecified atom stereocenters. The van der Waals surface area contributed by atoms with Crippen LogP contribution in [0.25, 0.3) is 5.69 Å². The Morgan fingerprint density at radius 2 is 1.81 bits per heavy atom. The number of sulfonamides is 1. The zero-order chi connectivity index (χ0) is 25.9. The van der Waals surface area contributed by atoms with E-state index in [1.807, 2.05) is 6.92 Å². The molecule has 1 fully saturated rings. The van der Waals surface area contributed by atoms with Crippen LogP contribution in [0.2, 0.25) is 0 Å². The average molecular weight is 517 g/mol. The quantitative estimate of drug-likeness (QED) is 0.453. The second-order valence-corrected chi connectivity index (χ2v) is 10.8. The molecule has 1 N–H and O–H groups in total. The second-order valence-electron chi connectivity index (χ2n) is 8.81. The zero-order valence-electron chi connectivity index (χ0n) is 21.1. The van der Waals surface area contributed by atoms with Crippen LogP contribution in [0.4, 0.5) is 5.95 Å². The molecule has 1 aromatic carbocycles. The molecule has 0 saturated carbocycles. The molecule has 3 atom stereocenters. The number of para-hydroxylation sites is 1. The summed E-state index contributed by atoms with van der Waals surface area (Å²) in [6, 6.07) is 5.32. The maximum atomic E-state index is 13.5. The van der Waals surface area contributed by atoms with E-state index in [0.29, 0.717) is 35.3 Å². The smallest absolute Gasteiger partial charge is 0.243 e. The summed E-state index contributed by atoms with van der Waals surface area (Å²) in [5.41, 5.74) is 1.83. The highest BCUT2D eigenvalue weighted by molar-refractivity contribution is 7.93. The molecular weight excluding hydrogens is 484 g/mol. The first kappa shape index (κ1) is 25.8. The van der Waals surface area contributed by atoms with Gasteiger partial charge in [0.1, 0.15) is 23.3 Å². The van der Waals surface area contributed by atoms with Crippen LogP contribution in [0.3, 0.4) is 0 Å². The highest BCUT2D eigenvalue weighted by Gasteiger charge is 2.33. The summed E-state index contributed by atoms with van der Waals surface area (Å²) in [7, 11) is -0.847. The molecule has 1 saturated heterocycles. The predicted octanol–water partition coefficient (Wildman–Crippen LogP) is 3.56. The lowest BCUT2D eigenvalue weighted by atomic mass is 10.1. The molecule has 3 aromatic rings. The van der Waals surface area contributed by atoms with Gasteiger partial charge in [0, 0.05) is 24.9 Å². The molecule has 0 amide bonds. The van der Waals surface area contributed by atoms with Crippen molar-refractivity contribution in [2.45, 2.75) is 57.3 Å². The molecule has 4 rings (SSSR count). The summed E-state index contributed by atoms with van der Waals surface area (Å²) in [6.45, 7) is 5.85. The third-order valence-electron chi connectivity index (χ3n) is 6.48. The van der Waals surface area contributed by atoms with Crippen molar-refractivity contribution in [1.29, 1.82) is 0 Å². The third kappa shape index (κ3) is 5.14. The molecule has 2 aromatic heterocycles. The van der Waals surface area contributed by atoms with Crippen LogP contribution >= 0.6 is 0 Å². The van der Waals surface area contributed by atoms with Crippen molar-refractivity contribution in [3.05, 3.63) is 47.8 Å². The van der Waals surface area contributed by atoms with Crippen molar-refractivity contribution in [1.82, 2.24) is 24.7 Å². The van der Waals surface area contributed by atoms with Crippen molar-refractivity contribution < 1.29 is 22.6 Å². The molecule has 0 bridgehead atoms. The minimum atomic E-state index is -3.92. The van der Waals surface area contributed by atoms with E-state index in [1.54, 1.807) is 49.0 Å². The fourth-order valence-corrected chi connectivity index (χ4v) is 5.40. The van der Waals surface area contributed by atoms with Crippen LogP contribution in [-0.2, 0) is 14.8 Å². The van der Waals surface area contributed by atoms with E-state index < -0.39 is 21.2 Å². The Morgan fingerprint density at radius 1 is 1.08 bits per heavy atom. The first-order valence-corrected chi connectivity index (χ1v) is 13.4. The number of hydrogen-bond donors (Lipinski definition) is 1. The van der Waals surface area contributed by atoms with Crippen molar-refractivity contribution in [3.63, 3.8) is 0 Å². The molecule has 194 valence electrons. The lowest BCUT2D eigenvalue weighted by Crippen LogP contribution is -2.31. The first-order valence-electron chi connectivity index (χ1n) is 11.8. The molecule has 0 aliphatic carbocycles. The number of anilines is 1. The normalized spacial score (nSPS) is 17.9. The number of rotatable bonds is 9. The summed E-state index contributed by atoms with van der Waals surface area (Å²) in [5, 5.41) is 7.74. The lowest BCUT2D eigenvalue weighted by molar-refractivity contribution is 0.00839. The number of hydrogen-bond acceptors (Lipinski definition) is 9. The molecule has 1 aliphatic rings. The molecule has 3 heterocycles. The number of ether oxygens (including phenoxy) is 3. The van der Waals surface area contributed by atoms with Gasteiger partial charge in [0.25, 0.3) is 0 Å². The summed E-state index contributed by atoms with van der Waals surface area (Å²) in [5.74, 6) is 1.02. The minimum Gasteiger partial charge on any atom is -0.494 e. The van der Waals surface area contributed by atoms with Crippen LogP contribution in [0.5, 0.6) is 11.5 Å². The monoisotopic (exact) mass is 516 g/mol. The second kappa shape index (κ2) is 10.8. The number of aryl methyl sites for hydroxylation is 1. The van der Waals surface area contributed by atoms with Crippen LogP contribution in [-0.4, -0.2) is 59.2 Å². The van der Waals surface area contributed by atoms with E-state index >= 15 is 0 Å². The highest BCUT2D eigenvalue weighted by Crippen LogP contribution is 2.39. The van der Waals surface area contributed by atoms with Gasteiger partial charge in [-0.05, 0) is 45.2 Å². The number of benzene rings is 1. The topological polar surface area (TPSA) is 130 Å². The fourth-order valence-electron chi connectivity index (χ4n) is 4.15. The lowest BCUT2D eigenvalue weighted by Gasteiger charge is -2.25. The largest absolute Gasteiger partial charge is 0.494 e. The molecule has 12 heteroatoms. The van der Waals surface area contributed by atoms with Gasteiger partial charge in [-0.3, -0.25) is 19.3 Å². The van der Waals surface area contributed by atoms with Crippen LogP contribution < -0.4 is 14.2 Å². The summed E-state index contributed by atoms with van der Waals surface area (Å²) >= 11 is 0. The van der Waals surface area contributed by atoms with Crippen LogP contribution in [0.1, 0.15) is 62.3 Å². The zero-order valence-corrected chi connectivity index (χ0v) is 21.9. The maximum Gasteiger partial charge on any atom is 0.243 e. The summed E-state index contributed by atoms with van der Waals surface area (Å²) in [6.07, 6.45) is 5.54. The highest BCUT2D eigenvalue weighted by atomic mass is 32.2. The summed E-state index contributed by atoms with van der Waals surface area (Å²) in [4.78, 5) is 8.61. The van der Waals surface area contributed by atoms with Gasteiger partial charge in [0.2, 0.25) is 16.0 Å². The Morgan fingerprint density at radius 3 is 2.39 bits per heavy atom. The van der Waals surface area contributed by atoms with E-state index in [-0.39, 0.29) is 12.1 Å². The molecule has 0 spiro atoms. The Hall–Kier alpha value is -3.25. The van der Waals surface area contributed by atoms with Crippen molar-refractivity contribution in [3.8, 4) is 17.2 Å². The number of nitrogens with one attached hydrogen (secondary N) is 1. The number of nitrogens with zero attached hydrogens (tertiary/aromatic N) is 5. The van der Waals surface area contributed by atoms with Gasteiger partial charge in [0.15, 0.2) is 5.82 Å². The van der Waals surface area contributed by atoms with Crippen molar-refractivity contribution >= 4 is 16.0 Å². The Balaban J connectivity index is 1.77. The molecule has 11 nitrogen and oxygen atoms in total. The van der Waals surface area contributed by atoms with Gasteiger partial charge < -0.3 is 14.2 Å². The Bertz CT molecular complexity index is 1270. The predicted molar refractivity (Wildman–Crippen MR) is 134 cm³/mol.